The first-order chi connectivity index (χ1) is 9.15. The fourth-order valence-electron chi connectivity index (χ4n) is 2.59. The number of rotatable bonds is 2. The number of carbonyl (C=O) groups is 1. The summed E-state index contributed by atoms with van der Waals surface area (Å²) in [5.41, 5.74) is 2.82. The number of aromatic nitrogens is 3. The Kier molecular flexibility index (Phi) is 3.06. The highest BCUT2D eigenvalue weighted by Gasteiger charge is 2.25. The second kappa shape index (κ2) is 4.74. The van der Waals surface area contributed by atoms with Crippen LogP contribution < -0.4 is 5.32 Å². The molecule has 5 nitrogen and oxygen atoms in total. The van der Waals surface area contributed by atoms with Crippen LogP contribution in [0.15, 0.2) is 18.5 Å². The zero-order valence-electron chi connectivity index (χ0n) is 10.6. The Morgan fingerprint density at radius 1 is 1.63 bits per heavy atom. The number of nitrogens with zero attached hydrogens (tertiary/aromatic N) is 2. The van der Waals surface area contributed by atoms with Crippen molar-refractivity contribution in [3.63, 3.8) is 0 Å². The highest BCUT2D eigenvalue weighted by atomic mass is 35.5. The third kappa shape index (κ3) is 2.26. The van der Waals surface area contributed by atoms with Gasteiger partial charge in [0.25, 0.3) is 5.91 Å². The van der Waals surface area contributed by atoms with Crippen LogP contribution in [0.4, 0.5) is 0 Å². The topological polar surface area (TPSA) is 62.7 Å². The number of halogens is 1. The van der Waals surface area contributed by atoms with Gasteiger partial charge < -0.3 is 10.3 Å². The second-order valence-corrected chi connectivity index (χ2v) is 5.26. The van der Waals surface area contributed by atoms with Gasteiger partial charge >= 0.3 is 0 Å². The molecule has 0 aliphatic heterocycles. The molecule has 0 saturated carbocycles. The van der Waals surface area contributed by atoms with Crippen molar-refractivity contribution < 1.29 is 4.79 Å². The van der Waals surface area contributed by atoms with E-state index in [0.717, 1.165) is 24.8 Å². The molecule has 0 radical (unpaired) electrons. The first kappa shape index (κ1) is 12.3. The Morgan fingerprint density at radius 3 is 3.21 bits per heavy atom. The van der Waals surface area contributed by atoms with Gasteiger partial charge in [0.1, 0.15) is 5.69 Å². The van der Waals surface area contributed by atoms with Crippen LogP contribution in [0.3, 0.4) is 0 Å². The molecule has 0 spiro atoms. The van der Waals surface area contributed by atoms with E-state index in [1.54, 1.807) is 12.3 Å². The fraction of sp³-hybridized carbons (Fsp3) is 0.385. The minimum absolute atomic E-state index is 0.0343. The van der Waals surface area contributed by atoms with Crippen molar-refractivity contribution in [1.29, 1.82) is 0 Å². The SMILES string of the molecule is Cn1ncc2c1CCC[C@@H]2NC(=O)c1cc(Cl)c[nH]1. The van der Waals surface area contributed by atoms with Gasteiger partial charge in [0.05, 0.1) is 17.3 Å². The number of fused-ring (bicyclic) bond motifs is 1. The van der Waals surface area contributed by atoms with Crippen molar-refractivity contribution in [3.8, 4) is 0 Å². The zero-order valence-corrected chi connectivity index (χ0v) is 11.4. The molecule has 2 aromatic rings. The standard InChI is InChI=1S/C13H15ClN4O/c1-18-12-4-2-3-10(9(12)7-16-18)17-13(19)11-5-8(14)6-15-11/h5-7,10,15H,2-4H2,1H3,(H,17,19)/t10-/m0/s1. The maximum absolute atomic E-state index is 12.1. The Bertz CT molecular complexity index is 616. The molecule has 0 unspecified atom stereocenters. The van der Waals surface area contributed by atoms with E-state index in [9.17, 15) is 4.79 Å². The third-order valence-electron chi connectivity index (χ3n) is 3.57. The quantitative estimate of drug-likeness (QED) is 0.885. The molecule has 0 fully saturated rings. The Morgan fingerprint density at radius 2 is 2.47 bits per heavy atom. The van der Waals surface area contributed by atoms with Crippen molar-refractivity contribution in [2.45, 2.75) is 25.3 Å². The van der Waals surface area contributed by atoms with Crippen LogP contribution in [0, 0.1) is 0 Å². The molecular formula is C13H15ClN4O. The molecule has 0 saturated heterocycles. The summed E-state index contributed by atoms with van der Waals surface area (Å²) in [4.78, 5) is 15.0. The Balaban J connectivity index is 1.79. The molecule has 100 valence electrons. The summed E-state index contributed by atoms with van der Waals surface area (Å²) < 4.78 is 1.89. The average molecular weight is 279 g/mol. The van der Waals surface area contributed by atoms with Crippen LogP contribution in [0.1, 0.15) is 40.6 Å². The molecule has 1 atom stereocenters. The van der Waals surface area contributed by atoms with Gasteiger partial charge in [-0.2, -0.15) is 5.10 Å². The fourth-order valence-corrected chi connectivity index (χ4v) is 2.75. The van der Waals surface area contributed by atoms with E-state index in [-0.39, 0.29) is 11.9 Å². The largest absolute Gasteiger partial charge is 0.356 e. The molecule has 6 heteroatoms. The van der Waals surface area contributed by atoms with Crippen LogP contribution in [0.2, 0.25) is 5.02 Å². The number of aromatic amines is 1. The van der Waals surface area contributed by atoms with E-state index in [0.29, 0.717) is 10.7 Å². The van der Waals surface area contributed by atoms with Gasteiger partial charge in [-0.05, 0) is 25.3 Å². The van der Waals surface area contributed by atoms with Crippen molar-refractivity contribution in [2.24, 2.45) is 7.05 Å². The summed E-state index contributed by atoms with van der Waals surface area (Å²) in [6, 6.07) is 1.66. The monoisotopic (exact) mass is 278 g/mol. The van der Waals surface area contributed by atoms with E-state index in [1.165, 1.54) is 5.69 Å². The van der Waals surface area contributed by atoms with Crippen LogP contribution in [0.5, 0.6) is 0 Å². The van der Waals surface area contributed by atoms with Crippen molar-refractivity contribution >= 4 is 17.5 Å². The molecule has 0 bridgehead atoms. The van der Waals surface area contributed by atoms with E-state index < -0.39 is 0 Å². The number of aryl methyl sites for hydroxylation is 1. The summed E-state index contributed by atoms with van der Waals surface area (Å²) in [6.45, 7) is 0. The van der Waals surface area contributed by atoms with Gasteiger partial charge in [-0.15, -0.1) is 0 Å². The first-order valence-electron chi connectivity index (χ1n) is 6.30. The maximum Gasteiger partial charge on any atom is 0.268 e. The van der Waals surface area contributed by atoms with Crippen LogP contribution in [-0.4, -0.2) is 20.7 Å². The molecule has 1 amide bonds. The van der Waals surface area contributed by atoms with Crippen molar-refractivity contribution in [3.05, 3.63) is 40.4 Å². The lowest BCUT2D eigenvalue weighted by Gasteiger charge is -2.23. The molecule has 2 aromatic heterocycles. The van der Waals surface area contributed by atoms with Gasteiger partial charge in [-0.25, -0.2) is 0 Å². The number of hydrogen-bond acceptors (Lipinski definition) is 2. The molecule has 0 aromatic carbocycles. The molecular weight excluding hydrogens is 264 g/mol. The van der Waals surface area contributed by atoms with Crippen molar-refractivity contribution in [1.82, 2.24) is 20.1 Å². The lowest BCUT2D eigenvalue weighted by Crippen LogP contribution is -2.31. The Labute approximate surface area is 116 Å². The lowest BCUT2D eigenvalue weighted by molar-refractivity contribution is 0.0928. The molecule has 1 aliphatic carbocycles. The molecule has 19 heavy (non-hydrogen) atoms. The van der Waals surface area contributed by atoms with Gasteiger partial charge in [-0.3, -0.25) is 9.48 Å². The Hall–Kier alpha value is -1.75. The second-order valence-electron chi connectivity index (χ2n) is 4.82. The number of H-pyrrole nitrogens is 1. The summed E-state index contributed by atoms with van der Waals surface area (Å²) in [5.74, 6) is -0.131. The normalized spacial score (nSPS) is 18.1. The number of carbonyl (C=O) groups excluding carboxylic acids is 1. The number of hydrogen-bond donors (Lipinski definition) is 2. The lowest BCUT2D eigenvalue weighted by atomic mass is 9.93. The molecule has 1 aliphatic rings. The van der Waals surface area contributed by atoms with E-state index >= 15 is 0 Å². The third-order valence-corrected chi connectivity index (χ3v) is 3.79. The molecule has 3 rings (SSSR count). The average Bonchev–Trinajstić information content (AvgIpc) is 2.98. The predicted octanol–water partition coefficient (Wildman–Crippen LogP) is 2.21. The minimum atomic E-state index is -0.131. The van der Waals surface area contributed by atoms with Gasteiger partial charge in [-0.1, -0.05) is 11.6 Å². The molecule has 2 N–H and O–H groups in total. The highest BCUT2D eigenvalue weighted by molar-refractivity contribution is 6.30. The van der Waals surface area contributed by atoms with Crippen LogP contribution in [0.25, 0.3) is 0 Å². The predicted molar refractivity (Wildman–Crippen MR) is 72.2 cm³/mol. The number of nitrogens with one attached hydrogen (secondary N) is 2. The summed E-state index contributed by atoms with van der Waals surface area (Å²) >= 11 is 5.81. The van der Waals surface area contributed by atoms with E-state index in [1.807, 2.05) is 17.9 Å². The van der Waals surface area contributed by atoms with E-state index in [2.05, 4.69) is 15.4 Å². The maximum atomic E-state index is 12.1. The van der Waals surface area contributed by atoms with Gasteiger partial charge in [0.2, 0.25) is 0 Å². The zero-order chi connectivity index (χ0) is 13.4. The minimum Gasteiger partial charge on any atom is -0.356 e. The van der Waals surface area contributed by atoms with Crippen molar-refractivity contribution in [2.75, 3.05) is 0 Å². The first-order valence-corrected chi connectivity index (χ1v) is 6.68. The van der Waals surface area contributed by atoms with Crippen LogP contribution >= 0.6 is 11.6 Å². The summed E-state index contributed by atoms with van der Waals surface area (Å²) in [5, 5.41) is 7.84. The summed E-state index contributed by atoms with van der Waals surface area (Å²) in [6.07, 6.45) is 6.47. The van der Waals surface area contributed by atoms with Crippen LogP contribution in [-0.2, 0) is 13.5 Å². The highest BCUT2D eigenvalue weighted by Crippen LogP contribution is 2.29. The van der Waals surface area contributed by atoms with E-state index in [4.69, 9.17) is 11.6 Å². The summed E-state index contributed by atoms with van der Waals surface area (Å²) in [7, 11) is 1.94. The molecule has 2 heterocycles. The smallest absolute Gasteiger partial charge is 0.268 e. The number of amides is 1. The van der Waals surface area contributed by atoms with Gasteiger partial charge in [0.15, 0.2) is 0 Å². The van der Waals surface area contributed by atoms with Gasteiger partial charge in [0, 0.05) is 24.5 Å².